The van der Waals surface area contributed by atoms with Gasteiger partial charge in [0.15, 0.2) is 21.9 Å². The predicted octanol–water partition coefficient (Wildman–Crippen LogP) is 3.68. The summed E-state index contributed by atoms with van der Waals surface area (Å²) in [5.74, 6) is 0.544. The van der Waals surface area contributed by atoms with Crippen molar-refractivity contribution in [2.24, 2.45) is 0 Å². The highest BCUT2D eigenvalue weighted by molar-refractivity contribution is 9.10. The number of benzene rings is 2. The molecule has 3 rings (SSSR count). The molecule has 0 saturated heterocycles. The number of amides is 2. The minimum absolute atomic E-state index is 0.130. The molecule has 0 aliphatic rings. The first kappa shape index (κ1) is 21.4. The van der Waals surface area contributed by atoms with Gasteiger partial charge >= 0.3 is 0 Å². The van der Waals surface area contributed by atoms with Gasteiger partial charge in [-0.05, 0) is 51.3 Å². The first-order chi connectivity index (χ1) is 14.5. The van der Waals surface area contributed by atoms with Crippen LogP contribution in [0.3, 0.4) is 0 Å². The first-order valence-corrected chi connectivity index (χ1v) is 9.98. The van der Waals surface area contributed by atoms with Crippen LogP contribution in [0.25, 0.3) is 0 Å². The molecule has 0 atom stereocenters. The number of nitrogens with one attached hydrogen (secondary N) is 2. The van der Waals surface area contributed by atoms with Gasteiger partial charge in [0.25, 0.3) is 5.91 Å². The van der Waals surface area contributed by atoms with Crippen molar-refractivity contribution in [1.29, 1.82) is 0 Å². The number of halogens is 1. The Morgan fingerprint density at radius 3 is 2.47 bits per heavy atom. The molecule has 7 nitrogen and oxygen atoms in total. The maximum atomic E-state index is 12.0. The molecule has 0 bridgehead atoms. The summed E-state index contributed by atoms with van der Waals surface area (Å²) in [6.45, 7) is 0.558. The number of methoxy groups -OCH3 is 1. The van der Waals surface area contributed by atoms with E-state index < -0.39 is 5.91 Å². The highest BCUT2D eigenvalue weighted by Gasteiger charge is 2.12. The standard InChI is InChI=1S/C22H21BrN2O5/c1-28-19-11-16(7-8-17(19)29-14-15-5-3-2-4-6-15)12-24-21(26)13-25-22(27)18-9-10-20(23)30-18/h2-11H,12-14H2,1H3,(H,24,26)(H,25,27). The zero-order valence-electron chi connectivity index (χ0n) is 16.3. The van der Waals surface area contributed by atoms with Crippen LogP contribution in [0.15, 0.2) is 69.8 Å². The minimum Gasteiger partial charge on any atom is -0.493 e. The van der Waals surface area contributed by atoms with Crippen molar-refractivity contribution >= 4 is 27.7 Å². The van der Waals surface area contributed by atoms with E-state index in [1.807, 2.05) is 36.4 Å². The van der Waals surface area contributed by atoms with Crippen molar-refractivity contribution in [1.82, 2.24) is 10.6 Å². The Hall–Kier alpha value is -3.26. The third kappa shape index (κ3) is 6.12. The highest BCUT2D eigenvalue weighted by atomic mass is 79.9. The molecule has 0 aliphatic carbocycles. The summed E-state index contributed by atoms with van der Waals surface area (Å²) in [6, 6.07) is 18.4. The molecule has 0 spiro atoms. The Morgan fingerprint density at radius 1 is 0.967 bits per heavy atom. The molecule has 1 heterocycles. The van der Waals surface area contributed by atoms with Gasteiger partial charge in [0.1, 0.15) is 6.61 Å². The smallest absolute Gasteiger partial charge is 0.287 e. The number of hydrogen-bond acceptors (Lipinski definition) is 5. The van der Waals surface area contributed by atoms with Crippen molar-refractivity contribution in [3.8, 4) is 11.5 Å². The van der Waals surface area contributed by atoms with E-state index in [9.17, 15) is 9.59 Å². The largest absolute Gasteiger partial charge is 0.493 e. The Kier molecular flexibility index (Phi) is 7.51. The molecule has 3 aromatic rings. The highest BCUT2D eigenvalue weighted by Crippen LogP contribution is 2.28. The number of carbonyl (C=O) groups excluding carboxylic acids is 2. The summed E-state index contributed by atoms with van der Waals surface area (Å²) in [7, 11) is 1.57. The summed E-state index contributed by atoms with van der Waals surface area (Å²) < 4.78 is 16.8. The second-order valence-electron chi connectivity index (χ2n) is 6.32. The maximum absolute atomic E-state index is 12.0. The van der Waals surface area contributed by atoms with Gasteiger partial charge < -0.3 is 24.5 Å². The fourth-order valence-electron chi connectivity index (χ4n) is 2.62. The fraction of sp³-hybridized carbons (Fsp3) is 0.182. The van der Waals surface area contributed by atoms with Crippen molar-refractivity contribution in [2.75, 3.05) is 13.7 Å². The molecule has 156 valence electrons. The van der Waals surface area contributed by atoms with Gasteiger partial charge in [-0.25, -0.2) is 0 Å². The topological polar surface area (TPSA) is 89.8 Å². The van der Waals surface area contributed by atoms with Gasteiger partial charge in [0.05, 0.1) is 13.7 Å². The molecule has 0 fully saturated rings. The normalized spacial score (nSPS) is 10.3. The van der Waals surface area contributed by atoms with Crippen molar-refractivity contribution in [3.05, 3.63) is 82.2 Å². The van der Waals surface area contributed by atoms with E-state index in [4.69, 9.17) is 13.9 Å². The first-order valence-electron chi connectivity index (χ1n) is 9.19. The minimum atomic E-state index is -0.461. The molecule has 1 aromatic heterocycles. The van der Waals surface area contributed by atoms with E-state index in [1.165, 1.54) is 6.07 Å². The quantitative estimate of drug-likeness (QED) is 0.495. The van der Waals surface area contributed by atoms with E-state index in [1.54, 1.807) is 25.3 Å². The van der Waals surface area contributed by atoms with E-state index in [-0.39, 0.29) is 24.8 Å². The lowest BCUT2D eigenvalue weighted by molar-refractivity contribution is -0.120. The molecular weight excluding hydrogens is 452 g/mol. The van der Waals surface area contributed by atoms with Crippen LogP contribution in [0.2, 0.25) is 0 Å². The molecule has 2 amide bonds. The van der Waals surface area contributed by atoms with Crippen molar-refractivity contribution < 1.29 is 23.5 Å². The molecule has 2 N–H and O–H groups in total. The average Bonchev–Trinajstić information content (AvgIpc) is 3.21. The van der Waals surface area contributed by atoms with Gasteiger partial charge in [-0.3, -0.25) is 9.59 Å². The van der Waals surface area contributed by atoms with Crippen LogP contribution in [0.1, 0.15) is 21.7 Å². The summed E-state index contributed by atoms with van der Waals surface area (Å²) in [6.07, 6.45) is 0. The van der Waals surface area contributed by atoms with E-state index in [2.05, 4.69) is 26.6 Å². The average molecular weight is 473 g/mol. The summed E-state index contributed by atoms with van der Waals surface area (Å²) in [4.78, 5) is 23.9. The lowest BCUT2D eigenvalue weighted by Crippen LogP contribution is -2.36. The van der Waals surface area contributed by atoms with Crippen molar-refractivity contribution in [2.45, 2.75) is 13.2 Å². The molecule has 2 aromatic carbocycles. The van der Waals surface area contributed by atoms with E-state index >= 15 is 0 Å². The molecular formula is C22H21BrN2O5. The summed E-state index contributed by atoms with van der Waals surface area (Å²) in [5, 5.41) is 5.25. The Bertz CT molecular complexity index is 1000. The lowest BCUT2D eigenvalue weighted by Gasteiger charge is -2.13. The van der Waals surface area contributed by atoms with Crippen LogP contribution in [-0.4, -0.2) is 25.5 Å². The second-order valence-corrected chi connectivity index (χ2v) is 7.10. The summed E-state index contributed by atoms with van der Waals surface area (Å²) >= 11 is 3.12. The number of rotatable bonds is 9. The molecule has 0 radical (unpaired) electrons. The Morgan fingerprint density at radius 2 is 1.77 bits per heavy atom. The fourth-order valence-corrected chi connectivity index (χ4v) is 2.93. The van der Waals surface area contributed by atoms with E-state index in [0.29, 0.717) is 22.8 Å². The van der Waals surface area contributed by atoms with Gasteiger partial charge in [-0.2, -0.15) is 0 Å². The SMILES string of the molecule is COc1cc(CNC(=O)CNC(=O)c2ccc(Br)o2)ccc1OCc1ccccc1. The molecule has 0 saturated carbocycles. The molecule has 0 aliphatic heterocycles. The van der Waals surface area contributed by atoms with Gasteiger partial charge in [-0.1, -0.05) is 36.4 Å². The van der Waals surface area contributed by atoms with Gasteiger partial charge in [0.2, 0.25) is 5.91 Å². The van der Waals surface area contributed by atoms with Crippen LogP contribution >= 0.6 is 15.9 Å². The molecule has 30 heavy (non-hydrogen) atoms. The van der Waals surface area contributed by atoms with Crippen LogP contribution in [0.4, 0.5) is 0 Å². The van der Waals surface area contributed by atoms with Crippen LogP contribution < -0.4 is 20.1 Å². The van der Waals surface area contributed by atoms with Crippen LogP contribution in [-0.2, 0) is 17.9 Å². The van der Waals surface area contributed by atoms with Crippen LogP contribution in [0.5, 0.6) is 11.5 Å². The zero-order valence-corrected chi connectivity index (χ0v) is 17.9. The van der Waals surface area contributed by atoms with Gasteiger partial charge in [0, 0.05) is 6.54 Å². The molecule has 8 heteroatoms. The maximum Gasteiger partial charge on any atom is 0.287 e. The van der Waals surface area contributed by atoms with Gasteiger partial charge in [-0.15, -0.1) is 0 Å². The number of carbonyl (C=O) groups is 2. The zero-order chi connectivity index (χ0) is 21.3. The Balaban J connectivity index is 1.48. The third-order valence-corrected chi connectivity index (χ3v) is 4.59. The summed E-state index contributed by atoms with van der Waals surface area (Å²) in [5.41, 5.74) is 1.90. The Labute approximate surface area is 182 Å². The third-order valence-electron chi connectivity index (χ3n) is 4.16. The number of hydrogen-bond donors (Lipinski definition) is 2. The lowest BCUT2D eigenvalue weighted by atomic mass is 10.2. The van der Waals surface area contributed by atoms with Crippen LogP contribution in [0, 0.1) is 0 Å². The number of ether oxygens (including phenoxy) is 2. The number of furan rings is 1. The monoisotopic (exact) mass is 472 g/mol. The van der Waals surface area contributed by atoms with E-state index in [0.717, 1.165) is 11.1 Å². The van der Waals surface area contributed by atoms with Crippen molar-refractivity contribution in [3.63, 3.8) is 0 Å². The predicted molar refractivity (Wildman–Crippen MR) is 114 cm³/mol. The second kappa shape index (κ2) is 10.5. The molecule has 0 unspecified atom stereocenters.